The van der Waals surface area contributed by atoms with Crippen LogP contribution in [0.2, 0.25) is 0 Å². The van der Waals surface area contributed by atoms with Crippen molar-refractivity contribution in [3.05, 3.63) is 0 Å². The molecule has 1 heterocycles. The molecule has 0 aromatic carbocycles. The van der Waals surface area contributed by atoms with Crippen LogP contribution in [0.15, 0.2) is 0 Å². The molecule has 1 rings (SSSR count). The Morgan fingerprint density at radius 2 is 2.25 bits per heavy atom. The number of carbonyl (C=O) groups is 1. The number of likely N-dealkylation sites (tertiary alicyclic amines) is 1. The van der Waals surface area contributed by atoms with E-state index in [2.05, 4.69) is 4.90 Å². The van der Waals surface area contributed by atoms with Crippen LogP contribution in [0.1, 0.15) is 19.8 Å². The van der Waals surface area contributed by atoms with Gasteiger partial charge in [0.05, 0.1) is 10.9 Å². The summed E-state index contributed by atoms with van der Waals surface area (Å²) >= 11 is 4.93. The van der Waals surface area contributed by atoms with Crippen molar-refractivity contribution in [2.75, 3.05) is 27.2 Å². The van der Waals surface area contributed by atoms with E-state index in [-0.39, 0.29) is 11.8 Å². The van der Waals surface area contributed by atoms with Gasteiger partial charge in [0, 0.05) is 19.1 Å². The third-order valence-corrected chi connectivity index (χ3v) is 3.54. The molecule has 0 saturated carbocycles. The highest BCUT2D eigenvalue weighted by Crippen LogP contribution is 2.17. The fourth-order valence-electron chi connectivity index (χ4n) is 2.08. The first-order valence-corrected chi connectivity index (χ1v) is 6.12. The number of amides is 1. The lowest BCUT2D eigenvalue weighted by Gasteiger charge is -2.23. The number of nitrogens with two attached hydrogens (primary N) is 1. The predicted octanol–water partition coefficient (Wildman–Crippen LogP) is 0.461. The maximum absolute atomic E-state index is 12.1. The summed E-state index contributed by atoms with van der Waals surface area (Å²) in [5.41, 5.74) is 5.58. The van der Waals surface area contributed by atoms with E-state index in [1.807, 2.05) is 25.9 Å². The molecule has 4 nitrogen and oxygen atoms in total. The normalized spacial score (nSPS) is 22.5. The number of thiocarbonyl (C=S) groups is 1. The molecule has 92 valence electrons. The predicted molar refractivity (Wildman–Crippen MR) is 69.2 cm³/mol. The van der Waals surface area contributed by atoms with E-state index in [4.69, 9.17) is 18.0 Å². The van der Waals surface area contributed by atoms with Crippen molar-refractivity contribution in [3.63, 3.8) is 0 Å². The van der Waals surface area contributed by atoms with E-state index in [9.17, 15) is 4.79 Å². The summed E-state index contributed by atoms with van der Waals surface area (Å²) in [6.45, 7) is 3.56. The second-order valence-corrected chi connectivity index (χ2v) is 5.02. The lowest BCUT2D eigenvalue weighted by atomic mass is 10.1. The topological polar surface area (TPSA) is 49.6 Å². The zero-order chi connectivity index (χ0) is 12.3. The largest absolute Gasteiger partial charge is 0.393 e. The molecule has 2 N–H and O–H groups in total. The summed E-state index contributed by atoms with van der Waals surface area (Å²) in [4.78, 5) is 16.5. The third-order valence-electron chi connectivity index (χ3n) is 3.26. The molecule has 1 saturated heterocycles. The average molecular weight is 243 g/mol. The summed E-state index contributed by atoms with van der Waals surface area (Å²) in [7, 11) is 4.09. The van der Waals surface area contributed by atoms with Gasteiger partial charge in [0.1, 0.15) is 0 Å². The minimum absolute atomic E-state index is 0.0966. The maximum atomic E-state index is 12.1. The van der Waals surface area contributed by atoms with Gasteiger partial charge in [0.2, 0.25) is 5.91 Å². The lowest BCUT2D eigenvalue weighted by molar-refractivity contribution is -0.132. The van der Waals surface area contributed by atoms with E-state index in [1.165, 1.54) is 0 Å². The summed E-state index contributed by atoms with van der Waals surface area (Å²) < 4.78 is 0. The Balaban J connectivity index is 2.59. The molecule has 16 heavy (non-hydrogen) atoms. The van der Waals surface area contributed by atoms with Crippen LogP contribution < -0.4 is 5.73 Å². The molecule has 1 fully saturated rings. The number of rotatable bonds is 4. The molecule has 1 aliphatic rings. The van der Waals surface area contributed by atoms with Crippen molar-refractivity contribution < 1.29 is 4.79 Å². The molecule has 0 radical (unpaired) electrons. The molecule has 5 heteroatoms. The standard InChI is InChI=1S/C11H21N3OS/c1-4-9(10(12)16)11(15)14-6-5-8(7-14)13(2)3/h8-9H,4-7H2,1-3H3,(H2,12,16). The summed E-state index contributed by atoms with van der Waals surface area (Å²) in [5.74, 6) is -0.185. The molecular weight excluding hydrogens is 222 g/mol. The van der Waals surface area contributed by atoms with E-state index in [0.717, 1.165) is 19.5 Å². The minimum Gasteiger partial charge on any atom is -0.393 e. The first-order chi connectivity index (χ1) is 7.47. The van der Waals surface area contributed by atoms with Gasteiger partial charge in [0.25, 0.3) is 0 Å². The van der Waals surface area contributed by atoms with Crippen LogP contribution in [0.25, 0.3) is 0 Å². The zero-order valence-electron chi connectivity index (χ0n) is 10.3. The Hall–Kier alpha value is -0.680. The van der Waals surface area contributed by atoms with Gasteiger partial charge in [0.15, 0.2) is 0 Å². The Bertz CT molecular complexity index is 280. The molecule has 0 aromatic heterocycles. The second kappa shape index (κ2) is 5.59. The first-order valence-electron chi connectivity index (χ1n) is 5.71. The highest BCUT2D eigenvalue weighted by molar-refractivity contribution is 7.80. The van der Waals surface area contributed by atoms with Crippen LogP contribution >= 0.6 is 12.2 Å². The highest BCUT2D eigenvalue weighted by atomic mass is 32.1. The molecule has 2 unspecified atom stereocenters. The molecule has 1 amide bonds. The number of nitrogens with zero attached hydrogens (tertiary/aromatic N) is 2. The van der Waals surface area contributed by atoms with Gasteiger partial charge >= 0.3 is 0 Å². The first kappa shape index (κ1) is 13.4. The zero-order valence-corrected chi connectivity index (χ0v) is 11.1. The molecule has 0 aliphatic carbocycles. The molecule has 2 atom stereocenters. The molecule has 0 spiro atoms. The van der Waals surface area contributed by atoms with E-state index in [1.54, 1.807) is 0 Å². The number of carbonyl (C=O) groups excluding carboxylic acids is 1. The van der Waals surface area contributed by atoms with E-state index >= 15 is 0 Å². The minimum atomic E-state index is -0.282. The van der Waals surface area contributed by atoms with Crippen LogP contribution in [-0.2, 0) is 4.79 Å². The monoisotopic (exact) mass is 243 g/mol. The van der Waals surface area contributed by atoms with Crippen LogP contribution in [0.4, 0.5) is 0 Å². The molecular formula is C11H21N3OS. The average Bonchev–Trinajstić information content (AvgIpc) is 2.66. The van der Waals surface area contributed by atoms with Gasteiger partial charge in [-0.1, -0.05) is 19.1 Å². The number of hydrogen-bond donors (Lipinski definition) is 1. The van der Waals surface area contributed by atoms with E-state index < -0.39 is 0 Å². The number of likely N-dealkylation sites (N-methyl/N-ethyl adjacent to an activating group) is 1. The van der Waals surface area contributed by atoms with Crippen molar-refractivity contribution in [1.29, 1.82) is 0 Å². The van der Waals surface area contributed by atoms with Gasteiger partial charge in [-0.2, -0.15) is 0 Å². The maximum Gasteiger partial charge on any atom is 0.232 e. The van der Waals surface area contributed by atoms with Crippen LogP contribution in [0.3, 0.4) is 0 Å². The Morgan fingerprint density at radius 3 is 2.62 bits per heavy atom. The van der Waals surface area contributed by atoms with Gasteiger partial charge in [-0.25, -0.2) is 0 Å². The summed E-state index contributed by atoms with van der Waals surface area (Å²) in [6, 6.07) is 0.466. The number of hydrogen-bond acceptors (Lipinski definition) is 3. The van der Waals surface area contributed by atoms with Crippen LogP contribution in [0, 0.1) is 5.92 Å². The fraction of sp³-hybridized carbons (Fsp3) is 0.818. The SMILES string of the molecule is CCC(C(=O)N1CCC(N(C)C)C1)C(N)=S. The Kier molecular flexibility index (Phi) is 4.68. The van der Waals surface area contributed by atoms with Crippen LogP contribution in [-0.4, -0.2) is 53.9 Å². The van der Waals surface area contributed by atoms with Gasteiger partial charge < -0.3 is 15.5 Å². The van der Waals surface area contributed by atoms with Gasteiger partial charge in [-0.05, 0) is 26.9 Å². The second-order valence-electron chi connectivity index (χ2n) is 4.55. The van der Waals surface area contributed by atoms with Crippen molar-refractivity contribution in [2.24, 2.45) is 11.7 Å². The molecule has 0 aromatic rings. The molecule has 1 aliphatic heterocycles. The Labute approximate surface area is 103 Å². The van der Waals surface area contributed by atoms with Crippen molar-refractivity contribution in [1.82, 2.24) is 9.80 Å². The van der Waals surface area contributed by atoms with Crippen molar-refractivity contribution in [2.45, 2.75) is 25.8 Å². The fourth-order valence-corrected chi connectivity index (χ4v) is 2.35. The van der Waals surface area contributed by atoms with Crippen molar-refractivity contribution >= 4 is 23.1 Å². The summed E-state index contributed by atoms with van der Waals surface area (Å²) in [6.07, 6.45) is 1.73. The lowest BCUT2D eigenvalue weighted by Crippen LogP contribution is -2.41. The smallest absolute Gasteiger partial charge is 0.232 e. The van der Waals surface area contributed by atoms with Gasteiger partial charge in [-0.15, -0.1) is 0 Å². The quantitative estimate of drug-likeness (QED) is 0.729. The Morgan fingerprint density at radius 1 is 1.62 bits per heavy atom. The highest BCUT2D eigenvalue weighted by Gasteiger charge is 2.31. The van der Waals surface area contributed by atoms with Crippen molar-refractivity contribution in [3.8, 4) is 0 Å². The summed E-state index contributed by atoms with van der Waals surface area (Å²) in [5, 5.41) is 0. The third kappa shape index (κ3) is 2.92. The van der Waals surface area contributed by atoms with Crippen LogP contribution in [0.5, 0.6) is 0 Å². The van der Waals surface area contributed by atoms with E-state index in [0.29, 0.717) is 17.5 Å². The van der Waals surface area contributed by atoms with Gasteiger partial charge in [-0.3, -0.25) is 4.79 Å². The molecule has 0 bridgehead atoms.